The molecule has 0 N–H and O–H groups in total. The predicted molar refractivity (Wildman–Crippen MR) is 67.1 cm³/mol. The summed E-state index contributed by atoms with van der Waals surface area (Å²) in [6.45, 7) is 14.8. The second kappa shape index (κ2) is 5.43. The number of allylic oxidation sites excluding steroid dienone is 4. The summed E-state index contributed by atoms with van der Waals surface area (Å²) >= 11 is -1.97. The van der Waals surface area contributed by atoms with E-state index in [0.29, 0.717) is 0 Å². The van der Waals surface area contributed by atoms with E-state index in [1.807, 2.05) is 1.35 Å². The molecule has 0 fully saturated rings. The molecule has 0 spiro atoms. The van der Waals surface area contributed by atoms with Crippen molar-refractivity contribution in [1.82, 2.24) is 0 Å². The summed E-state index contributed by atoms with van der Waals surface area (Å²) < 4.78 is 4.55. The number of hydrogen-bond acceptors (Lipinski definition) is 0. The van der Waals surface area contributed by atoms with Gasteiger partial charge in [-0.15, -0.1) is 0 Å². The van der Waals surface area contributed by atoms with Crippen LogP contribution in [-0.2, 0) is 0 Å². The van der Waals surface area contributed by atoms with E-state index in [4.69, 9.17) is 0 Å². The minimum atomic E-state index is -1.97. The molecule has 0 amide bonds. The van der Waals surface area contributed by atoms with E-state index < -0.39 is 31.8 Å². The number of rotatable bonds is 4. The Morgan fingerprint density at radius 3 is 1.67 bits per heavy atom. The molecule has 0 nitrogen and oxygen atoms in total. The Morgan fingerprint density at radius 2 is 1.40 bits per heavy atom. The fraction of sp³-hybridized carbons (Fsp3) is 0.714. The summed E-state index contributed by atoms with van der Waals surface area (Å²) in [7, 11) is 0. The molecule has 0 bridgehead atoms. The van der Waals surface area contributed by atoms with Gasteiger partial charge in [0.15, 0.2) is 0 Å². The van der Waals surface area contributed by atoms with Crippen LogP contribution in [0.5, 0.6) is 0 Å². The van der Waals surface area contributed by atoms with Crippen molar-refractivity contribution in [3.63, 3.8) is 0 Å². The van der Waals surface area contributed by atoms with Crippen LogP contribution in [0.2, 0.25) is 5.09 Å². The van der Waals surface area contributed by atoms with Gasteiger partial charge in [0.05, 0.1) is 0 Å². The molecular formula is C14H26Gd. The Kier molecular flexibility index (Phi) is 5.02. The third kappa shape index (κ3) is 2.40. The third-order valence-electron chi connectivity index (χ3n) is 3.14. The quantitative estimate of drug-likeness (QED) is 0.630. The summed E-state index contributed by atoms with van der Waals surface area (Å²) in [6.07, 6.45) is 8.29. The van der Waals surface area contributed by atoms with Crippen molar-refractivity contribution in [2.45, 2.75) is 53.1 Å². The van der Waals surface area contributed by atoms with Gasteiger partial charge in [-0.1, -0.05) is 0 Å². The first-order valence-corrected chi connectivity index (χ1v) is 11.0. The first-order chi connectivity index (χ1) is 6.94. The molecule has 90 valence electrons. The summed E-state index contributed by atoms with van der Waals surface area (Å²) in [6, 6.07) is 0. The summed E-state index contributed by atoms with van der Waals surface area (Å²) in [4.78, 5) is 0. The zero-order valence-corrected chi connectivity index (χ0v) is 13.3. The maximum atomic E-state index is 2.46. The van der Waals surface area contributed by atoms with Crippen LogP contribution in [0.15, 0.2) is 19.6 Å². The fourth-order valence-electron chi connectivity index (χ4n) is 2.84. The zero-order chi connectivity index (χ0) is 11.6. The molecule has 0 atom stereocenters. The minimum absolute atomic E-state index is 0.906. The predicted octanol–water partition coefficient (Wildman–Crippen LogP) is 5.47. The van der Waals surface area contributed by atoms with Gasteiger partial charge in [-0.2, -0.15) is 0 Å². The van der Waals surface area contributed by atoms with E-state index in [-0.39, 0.29) is 0 Å². The van der Waals surface area contributed by atoms with Crippen molar-refractivity contribution in [2.75, 3.05) is 0 Å². The average molecular weight is 352 g/mol. The SMILES string of the molecule is C[CH](C)[Gd]([C]1=CC=CC1)([CH](C)C)[CH](C)C. The molecule has 1 aliphatic carbocycles. The van der Waals surface area contributed by atoms with Crippen LogP contribution in [0, 0.1) is 31.8 Å². The van der Waals surface area contributed by atoms with Crippen LogP contribution >= 0.6 is 0 Å². The topological polar surface area (TPSA) is 0 Å². The fourth-order valence-corrected chi connectivity index (χ4v) is 18.9. The molecule has 0 aromatic rings. The van der Waals surface area contributed by atoms with Crippen LogP contribution in [0.3, 0.4) is 0 Å². The van der Waals surface area contributed by atoms with E-state index in [1.54, 1.807) is 0 Å². The molecule has 0 unspecified atom stereocenters. The van der Waals surface area contributed by atoms with Crippen molar-refractivity contribution in [3.8, 4) is 0 Å². The van der Waals surface area contributed by atoms with Crippen molar-refractivity contribution >= 4 is 0 Å². The Bertz CT molecular complexity index is 247. The molecule has 1 aliphatic rings. The Hall–Kier alpha value is 0.805. The van der Waals surface area contributed by atoms with Gasteiger partial charge < -0.3 is 0 Å². The molecule has 1 heteroatoms. The zero-order valence-electron chi connectivity index (χ0n) is 11.0. The van der Waals surface area contributed by atoms with Crippen molar-refractivity contribution in [2.24, 2.45) is 0 Å². The van der Waals surface area contributed by atoms with Gasteiger partial charge in [0, 0.05) is 0 Å². The second-order valence-electron chi connectivity index (χ2n) is 4.85. The Labute approximate surface area is 103 Å². The van der Waals surface area contributed by atoms with Crippen molar-refractivity contribution in [3.05, 3.63) is 19.6 Å². The van der Waals surface area contributed by atoms with Crippen LogP contribution in [-0.4, -0.2) is 0 Å². The first kappa shape index (κ1) is 13.9. The summed E-state index contributed by atoms with van der Waals surface area (Å²) in [5, 5.41) is 0. The van der Waals surface area contributed by atoms with Gasteiger partial charge in [0.2, 0.25) is 0 Å². The van der Waals surface area contributed by atoms with Gasteiger partial charge >= 0.3 is 104 Å². The van der Waals surface area contributed by atoms with Gasteiger partial charge in [0.1, 0.15) is 0 Å². The van der Waals surface area contributed by atoms with Crippen molar-refractivity contribution < 1.29 is 31.8 Å². The average Bonchev–Trinajstić information content (AvgIpc) is 2.55. The summed E-state index contributed by atoms with van der Waals surface area (Å²) in [5.41, 5.74) is 0. The molecule has 0 saturated heterocycles. The Balaban J connectivity index is 3.14. The van der Waals surface area contributed by atoms with Crippen molar-refractivity contribution in [1.29, 1.82) is 0 Å². The molecule has 0 aliphatic heterocycles. The molecule has 0 aromatic heterocycles. The first-order valence-electron chi connectivity index (χ1n) is 5.97. The van der Waals surface area contributed by atoms with E-state index >= 15 is 0 Å². The molecule has 15 heavy (non-hydrogen) atoms. The molecule has 0 saturated carbocycles. The van der Waals surface area contributed by atoms with E-state index in [0.717, 1.165) is 5.09 Å². The monoisotopic (exact) mass is 352 g/mol. The molecule has 0 radical (unpaired) electrons. The van der Waals surface area contributed by atoms with Gasteiger partial charge in [-0.05, 0) is 0 Å². The maximum absolute atomic E-state index is 2.46. The third-order valence-corrected chi connectivity index (χ3v) is 19.5. The van der Waals surface area contributed by atoms with E-state index in [9.17, 15) is 0 Å². The van der Waals surface area contributed by atoms with Gasteiger partial charge in [-0.3, -0.25) is 0 Å². The second-order valence-corrected chi connectivity index (χ2v) is 18.4. The summed E-state index contributed by atoms with van der Waals surface area (Å²) in [5.74, 6) is 0. The van der Waals surface area contributed by atoms with E-state index in [1.165, 1.54) is 6.42 Å². The number of hydrogen-bond donors (Lipinski definition) is 0. The van der Waals surface area contributed by atoms with Gasteiger partial charge in [0.25, 0.3) is 0 Å². The molecule has 0 aromatic carbocycles. The molecule has 1 rings (SSSR count). The normalized spacial score (nSPS) is 18.1. The van der Waals surface area contributed by atoms with Crippen LogP contribution in [0.4, 0.5) is 0 Å². The molecular weight excluding hydrogens is 325 g/mol. The Morgan fingerprint density at radius 1 is 0.933 bits per heavy atom. The molecule has 0 heterocycles. The van der Waals surface area contributed by atoms with E-state index in [2.05, 4.69) is 59.8 Å². The van der Waals surface area contributed by atoms with Crippen LogP contribution < -0.4 is 0 Å². The standard InChI is InChI=1S/C5H5.3C3H7.Gd/c1-2-4-5-3-1;3*1-3-2;/h1-3H,4H2;3*3H,1-2H3;. The van der Waals surface area contributed by atoms with Crippen LogP contribution in [0.1, 0.15) is 48.0 Å². The van der Waals surface area contributed by atoms with Gasteiger partial charge in [-0.25, -0.2) is 0 Å². The van der Waals surface area contributed by atoms with Crippen LogP contribution in [0.25, 0.3) is 0 Å².